The molecule has 0 bridgehead atoms. The molecule has 2 rings (SSSR count). The summed E-state index contributed by atoms with van der Waals surface area (Å²) < 4.78 is 0. The van der Waals surface area contributed by atoms with Crippen LogP contribution in [0.25, 0.3) is 0 Å². The van der Waals surface area contributed by atoms with Crippen LogP contribution in [-0.2, 0) is 0 Å². The van der Waals surface area contributed by atoms with Crippen LogP contribution in [0.15, 0.2) is 36.4 Å². The van der Waals surface area contributed by atoms with Crippen molar-refractivity contribution in [2.75, 3.05) is 11.1 Å². The standard InChI is InChI=1S/C14H12Cl2N2O/c1-8(19)10-7-9(5-6-13(10)17)18-14-11(15)3-2-4-12(14)16/h2-7,18H,17H2,1H3. The lowest BCUT2D eigenvalue weighted by Gasteiger charge is -2.12. The highest BCUT2D eigenvalue weighted by atomic mass is 35.5. The van der Waals surface area contributed by atoms with Gasteiger partial charge in [-0.3, -0.25) is 4.79 Å². The second kappa shape index (κ2) is 5.51. The van der Waals surface area contributed by atoms with E-state index >= 15 is 0 Å². The number of carbonyl (C=O) groups is 1. The number of anilines is 3. The maximum atomic E-state index is 11.4. The average Bonchev–Trinajstić information content (AvgIpc) is 2.35. The van der Waals surface area contributed by atoms with Crippen LogP contribution in [0, 0.1) is 0 Å². The van der Waals surface area contributed by atoms with Gasteiger partial charge in [-0.15, -0.1) is 0 Å². The minimum Gasteiger partial charge on any atom is -0.398 e. The van der Waals surface area contributed by atoms with E-state index in [1.807, 2.05) is 0 Å². The Bertz CT molecular complexity index is 621. The molecule has 0 aliphatic carbocycles. The lowest BCUT2D eigenvalue weighted by molar-refractivity contribution is 0.101. The third-order valence-corrected chi connectivity index (χ3v) is 3.29. The third-order valence-electron chi connectivity index (χ3n) is 2.66. The van der Waals surface area contributed by atoms with E-state index in [4.69, 9.17) is 28.9 Å². The molecule has 3 N–H and O–H groups in total. The fourth-order valence-electron chi connectivity index (χ4n) is 1.70. The van der Waals surface area contributed by atoms with E-state index in [0.29, 0.717) is 32.7 Å². The highest BCUT2D eigenvalue weighted by molar-refractivity contribution is 6.39. The molecule has 0 aliphatic heterocycles. The minimum absolute atomic E-state index is 0.0913. The highest BCUT2D eigenvalue weighted by Crippen LogP contribution is 2.33. The van der Waals surface area contributed by atoms with E-state index in [-0.39, 0.29) is 5.78 Å². The quantitative estimate of drug-likeness (QED) is 0.646. The molecule has 0 atom stereocenters. The maximum Gasteiger partial charge on any atom is 0.161 e. The molecular weight excluding hydrogens is 283 g/mol. The fourth-order valence-corrected chi connectivity index (χ4v) is 2.19. The van der Waals surface area contributed by atoms with Gasteiger partial charge in [-0.05, 0) is 37.3 Å². The summed E-state index contributed by atoms with van der Waals surface area (Å²) in [6, 6.07) is 10.3. The highest BCUT2D eigenvalue weighted by Gasteiger charge is 2.09. The monoisotopic (exact) mass is 294 g/mol. The molecular formula is C14H12Cl2N2O. The first kappa shape index (κ1) is 13.7. The number of hydrogen-bond donors (Lipinski definition) is 2. The summed E-state index contributed by atoms with van der Waals surface area (Å²) in [7, 11) is 0. The molecule has 0 saturated carbocycles. The van der Waals surface area contributed by atoms with Crippen LogP contribution in [0.4, 0.5) is 17.1 Å². The van der Waals surface area contributed by atoms with Crippen molar-refractivity contribution in [3.8, 4) is 0 Å². The Morgan fingerprint density at radius 1 is 1.16 bits per heavy atom. The van der Waals surface area contributed by atoms with Gasteiger partial charge in [0.1, 0.15) is 0 Å². The second-order valence-corrected chi connectivity index (χ2v) is 4.89. The Labute approximate surface area is 121 Å². The van der Waals surface area contributed by atoms with Crippen molar-refractivity contribution >= 4 is 46.0 Å². The Morgan fingerprint density at radius 2 is 1.79 bits per heavy atom. The fraction of sp³-hybridized carbons (Fsp3) is 0.0714. The molecule has 3 nitrogen and oxygen atoms in total. The molecule has 0 radical (unpaired) electrons. The summed E-state index contributed by atoms with van der Waals surface area (Å²) in [4.78, 5) is 11.4. The number of nitrogens with one attached hydrogen (secondary N) is 1. The molecule has 0 unspecified atom stereocenters. The van der Waals surface area contributed by atoms with Crippen molar-refractivity contribution in [1.82, 2.24) is 0 Å². The molecule has 0 aliphatic rings. The summed E-state index contributed by atoms with van der Waals surface area (Å²) >= 11 is 12.1. The molecule has 98 valence electrons. The number of para-hydroxylation sites is 1. The molecule has 0 heterocycles. The molecule has 0 fully saturated rings. The largest absolute Gasteiger partial charge is 0.398 e. The van der Waals surface area contributed by atoms with Crippen LogP contribution < -0.4 is 11.1 Å². The maximum absolute atomic E-state index is 11.4. The Balaban J connectivity index is 2.39. The van der Waals surface area contributed by atoms with Gasteiger partial charge in [0.15, 0.2) is 5.78 Å². The summed E-state index contributed by atoms with van der Waals surface area (Å²) in [5, 5.41) is 4.11. The smallest absolute Gasteiger partial charge is 0.161 e. The number of nitrogens with two attached hydrogens (primary N) is 1. The van der Waals surface area contributed by atoms with Gasteiger partial charge in [0.25, 0.3) is 0 Å². The molecule has 0 amide bonds. The first-order valence-electron chi connectivity index (χ1n) is 5.60. The van der Waals surface area contributed by atoms with E-state index < -0.39 is 0 Å². The number of Topliss-reactive ketones (excluding diaryl/α,β-unsaturated/α-hetero) is 1. The summed E-state index contributed by atoms with van der Waals surface area (Å²) in [5.41, 5.74) is 7.96. The Hall–Kier alpha value is -1.71. The number of halogens is 2. The van der Waals surface area contributed by atoms with E-state index in [9.17, 15) is 4.79 Å². The van der Waals surface area contributed by atoms with Crippen molar-refractivity contribution in [1.29, 1.82) is 0 Å². The normalized spacial score (nSPS) is 10.3. The van der Waals surface area contributed by atoms with Gasteiger partial charge < -0.3 is 11.1 Å². The molecule has 2 aromatic rings. The predicted molar refractivity (Wildman–Crippen MR) is 80.6 cm³/mol. The van der Waals surface area contributed by atoms with Gasteiger partial charge in [-0.25, -0.2) is 0 Å². The van der Waals surface area contributed by atoms with Crippen LogP contribution in [0.3, 0.4) is 0 Å². The minimum atomic E-state index is -0.0913. The van der Waals surface area contributed by atoms with E-state index in [0.717, 1.165) is 0 Å². The number of carbonyl (C=O) groups excluding carboxylic acids is 1. The number of nitrogen functional groups attached to an aromatic ring is 1. The number of hydrogen-bond acceptors (Lipinski definition) is 3. The first-order valence-corrected chi connectivity index (χ1v) is 6.36. The average molecular weight is 295 g/mol. The van der Waals surface area contributed by atoms with Crippen molar-refractivity contribution in [2.45, 2.75) is 6.92 Å². The lowest BCUT2D eigenvalue weighted by Crippen LogP contribution is -2.01. The van der Waals surface area contributed by atoms with Crippen molar-refractivity contribution in [3.63, 3.8) is 0 Å². The van der Waals surface area contributed by atoms with Crippen LogP contribution >= 0.6 is 23.2 Å². The zero-order valence-electron chi connectivity index (χ0n) is 10.2. The number of rotatable bonds is 3. The number of benzene rings is 2. The van der Waals surface area contributed by atoms with Crippen LogP contribution in [0.5, 0.6) is 0 Å². The van der Waals surface area contributed by atoms with Crippen LogP contribution in [-0.4, -0.2) is 5.78 Å². The van der Waals surface area contributed by atoms with Gasteiger partial charge in [-0.1, -0.05) is 29.3 Å². The summed E-state index contributed by atoms with van der Waals surface area (Å²) in [5.74, 6) is -0.0913. The van der Waals surface area contributed by atoms with Crippen molar-refractivity contribution < 1.29 is 4.79 Å². The zero-order valence-corrected chi connectivity index (χ0v) is 11.7. The molecule has 5 heteroatoms. The molecule has 0 aromatic heterocycles. The Morgan fingerprint density at radius 3 is 2.37 bits per heavy atom. The first-order chi connectivity index (χ1) is 8.99. The topological polar surface area (TPSA) is 55.1 Å². The predicted octanol–water partition coefficient (Wildman–Crippen LogP) is 4.52. The third kappa shape index (κ3) is 3.00. The zero-order chi connectivity index (χ0) is 14.0. The van der Waals surface area contributed by atoms with Gasteiger partial charge in [0.2, 0.25) is 0 Å². The van der Waals surface area contributed by atoms with E-state index in [1.54, 1.807) is 36.4 Å². The second-order valence-electron chi connectivity index (χ2n) is 4.08. The van der Waals surface area contributed by atoms with Gasteiger partial charge >= 0.3 is 0 Å². The molecule has 0 saturated heterocycles. The van der Waals surface area contributed by atoms with Gasteiger partial charge in [-0.2, -0.15) is 0 Å². The molecule has 19 heavy (non-hydrogen) atoms. The lowest BCUT2D eigenvalue weighted by atomic mass is 10.1. The number of ketones is 1. The molecule has 2 aromatic carbocycles. The SMILES string of the molecule is CC(=O)c1cc(Nc2c(Cl)cccc2Cl)ccc1N. The van der Waals surface area contributed by atoms with Crippen molar-refractivity contribution in [2.24, 2.45) is 0 Å². The van der Waals surface area contributed by atoms with Gasteiger partial charge in [0.05, 0.1) is 15.7 Å². The van der Waals surface area contributed by atoms with E-state index in [2.05, 4.69) is 5.32 Å². The van der Waals surface area contributed by atoms with Crippen molar-refractivity contribution in [3.05, 3.63) is 52.0 Å². The summed E-state index contributed by atoms with van der Waals surface area (Å²) in [6.07, 6.45) is 0. The Kier molecular flexibility index (Phi) is 3.98. The molecule has 0 spiro atoms. The van der Waals surface area contributed by atoms with Crippen LogP contribution in [0.2, 0.25) is 10.0 Å². The van der Waals surface area contributed by atoms with Crippen LogP contribution in [0.1, 0.15) is 17.3 Å². The van der Waals surface area contributed by atoms with E-state index in [1.165, 1.54) is 6.92 Å². The summed E-state index contributed by atoms with van der Waals surface area (Å²) in [6.45, 7) is 1.47. The van der Waals surface area contributed by atoms with Gasteiger partial charge in [0, 0.05) is 16.9 Å².